The van der Waals surface area contributed by atoms with Crippen molar-refractivity contribution in [2.45, 2.75) is 71.1 Å². The molecule has 136 valence electrons. The third-order valence-corrected chi connectivity index (χ3v) is 4.14. The van der Waals surface area contributed by atoms with Gasteiger partial charge in [-0.1, -0.05) is 82.3 Å². The standard InChI is InChI=1S/C23H32O2/c1-3-4-5-6-7-8-9-10-11-12-13-15-21-16-14-17-22(20-21)18-19-23(24)25-2/h14,16-20H,3-12H2,1-2H3/b19-18+. The number of benzene rings is 1. The van der Waals surface area contributed by atoms with Gasteiger partial charge < -0.3 is 4.74 Å². The molecule has 0 atom stereocenters. The molecule has 0 radical (unpaired) electrons. The van der Waals surface area contributed by atoms with E-state index in [0.29, 0.717) is 0 Å². The molecule has 0 spiro atoms. The first-order chi connectivity index (χ1) is 12.3. The number of esters is 1. The van der Waals surface area contributed by atoms with E-state index in [0.717, 1.165) is 17.5 Å². The molecule has 25 heavy (non-hydrogen) atoms. The largest absolute Gasteiger partial charge is 0.466 e. The number of hydrogen-bond donors (Lipinski definition) is 0. The maximum Gasteiger partial charge on any atom is 0.330 e. The maximum absolute atomic E-state index is 11.1. The van der Waals surface area contributed by atoms with Gasteiger partial charge in [0.15, 0.2) is 0 Å². The second kappa shape index (κ2) is 14.3. The number of ether oxygens (including phenoxy) is 1. The lowest BCUT2D eigenvalue weighted by atomic mass is 10.1. The van der Waals surface area contributed by atoms with Crippen LogP contribution in [0.3, 0.4) is 0 Å². The summed E-state index contributed by atoms with van der Waals surface area (Å²) >= 11 is 0. The predicted molar refractivity (Wildman–Crippen MR) is 106 cm³/mol. The predicted octanol–water partition coefficient (Wildman–Crippen LogP) is 6.15. The molecule has 0 bridgehead atoms. The molecule has 0 aliphatic rings. The highest BCUT2D eigenvalue weighted by Crippen LogP contribution is 2.10. The van der Waals surface area contributed by atoms with Crippen molar-refractivity contribution in [3.8, 4) is 11.8 Å². The second-order valence-corrected chi connectivity index (χ2v) is 6.36. The van der Waals surface area contributed by atoms with Crippen LogP contribution in [0.1, 0.15) is 82.3 Å². The zero-order valence-electron chi connectivity index (χ0n) is 15.9. The third kappa shape index (κ3) is 11.2. The summed E-state index contributed by atoms with van der Waals surface area (Å²) in [4.78, 5) is 11.1. The molecule has 1 aromatic carbocycles. The summed E-state index contributed by atoms with van der Waals surface area (Å²) in [7, 11) is 1.38. The molecule has 0 amide bonds. The van der Waals surface area contributed by atoms with Crippen LogP contribution < -0.4 is 0 Å². The zero-order valence-corrected chi connectivity index (χ0v) is 15.9. The minimum absolute atomic E-state index is 0.346. The molecule has 0 saturated heterocycles. The van der Waals surface area contributed by atoms with Gasteiger partial charge in [-0.05, 0) is 30.2 Å². The van der Waals surface area contributed by atoms with Gasteiger partial charge in [0.1, 0.15) is 0 Å². The van der Waals surface area contributed by atoms with E-state index >= 15 is 0 Å². The fourth-order valence-electron chi connectivity index (χ4n) is 2.64. The average molecular weight is 341 g/mol. The van der Waals surface area contributed by atoms with Crippen molar-refractivity contribution in [2.75, 3.05) is 7.11 Å². The van der Waals surface area contributed by atoms with Gasteiger partial charge in [-0.25, -0.2) is 4.79 Å². The Hall–Kier alpha value is -2.01. The van der Waals surface area contributed by atoms with Crippen LogP contribution in [0.5, 0.6) is 0 Å². The van der Waals surface area contributed by atoms with Crippen LogP contribution in [0.15, 0.2) is 30.3 Å². The second-order valence-electron chi connectivity index (χ2n) is 6.36. The van der Waals surface area contributed by atoms with Crippen LogP contribution in [0.2, 0.25) is 0 Å². The van der Waals surface area contributed by atoms with Crippen molar-refractivity contribution in [2.24, 2.45) is 0 Å². The summed E-state index contributed by atoms with van der Waals surface area (Å²) in [6, 6.07) is 7.90. The smallest absolute Gasteiger partial charge is 0.330 e. The van der Waals surface area contributed by atoms with Crippen molar-refractivity contribution < 1.29 is 9.53 Å². The lowest BCUT2D eigenvalue weighted by molar-refractivity contribution is -0.134. The summed E-state index contributed by atoms with van der Waals surface area (Å²) in [5, 5.41) is 0. The molecule has 0 heterocycles. The summed E-state index contributed by atoms with van der Waals surface area (Å²) in [6.45, 7) is 2.26. The normalized spacial score (nSPS) is 10.5. The fraction of sp³-hybridized carbons (Fsp3) is 0.522. The first-order valence-corrected chi connectivity index (χ1v) is 9.61. The molecule has 0 saturated carbocycles. The number of methoxy groups -OCH3 is 1. The van der Waals surface area contributed by atoms with E-state index in [2.05, 4.69) is 23.5 Å². The molecule has 1 rings (SSSR count). The molecular formula is C23H32O2. The molecule has 0 unspecified atom stereocenters. The quantitative estimate of drug-likeness (QED) is 0.209. The Kier molecular flexibility index (Phi) is 12.1. The summed E-state index contributed by atoms with van der Waals surface area (Å²) in [6.07, 6.45) is 16.2. The highest BCUT2D eigenvalue weighted by molar-refractivity contribution is 5.86. The Bertz CT molecular complexity index is 575. The van der Waals surface area contributed by atoms with E-state index in [1.165, 1.54) is 71.0 Å². The Morgan fingerprint density at radius 2 is 1.72 bits per heavy atom. The SMILES string of the molecule is CCCCCCCCCCCC#Cc1cccc(/C=C/C(=O)OC)c1. The number of carbonyl (C=O) groups excluding carboxylic acids is 1. The minimum Gasteiger partial charge on any atom is -0.466 e. The van der Waals surface area contributed by atoms with Crippen LogP contribution in [0.4, 0.5) is 0 Å². The van der Waals surface area contributed by atoms with Crippen LogP contribution in [0, 0.1) is 11.8 Å². The molecule has 0 fully saturated rings. The minimum atomic E-state index is -0.346. The number of rotatable bonds is 11. The zero-order chi connectivity index (χ0) is 18.2. The van der Waals surface area contributed by atoms with Crippen LogP contribution in [0.25, 0.3) is 6.08 Å². The van der Waals surface area contributed by atoms with Crippen molar-refractivity contribution in [1.82, 2.24) is 0 Å². The van der Waals surface area contributed by atoms with Crippen LogP contribution in [-0.4, -0.2) is 13.1 Å². The van der Waals surface area contributed by atoms with Crippen LogP contribution in [-0.2, 0) is 9.53 Å². The molecule has 2 nitrogen and oxygen atoms in total. The van der Waals surface area contributed by atoms with E-state index in [9.17, 15) is 4.79 Å². The number of carbonyl (C=O) groups is 1. The van der Waals surface area contributed by atoms with E-state index in [-0.39, 0.29) is 5.97 Å². The van der Waals surface area contributed by atoms with Gasteiger partial charge in [-0.15, -0.1) is 0 Å². The van der Waals surface area contributed by atoms with E-state index in [1.807, 2.05) is 24.3 Å². The van der Waals surface area contributed by atoms with Crippen molar-refractivity contribution in [3.05, 3.63) is 41.5 Å². The van der Waals surface area contributed by atoms with Gasteiger partial charge in [0.2, 0.25) is 0 Å². The molecule has 0 aliphatic heterocycles. The van der Waals surface area contributed by atoms with Crippen molar-refractivity contribution in [3.63, 3.8) is 0 Å². The Morgan fingerprint density at radius 1 is 1.04 bits per heavy atom. The first kappa shape index (κ1) is 21.0. The van der Waals surface area contributed by atoms with Crippen molar-refractivity contribution >= 4 is 12.0 Å². The molecule has 0 aromatic heterocycles. The molecule has 0 aliphatic carbocycles. The van der Waals surface area contributed by atoms with Crippen molar-refractivity contribution in [1.29, 1.82) is 0 Å². The average Bonchev–Trinajstić information content (AvgIpc) is 2.64. The van der Waals surface area contributed by atoms with E-state index in [1.54, 1.807) is 6.08 Å². The van der Waals surface area contributed by atoms with Gasteiger partial charge in [0.05, 0.1) is 7.11 Å². The Labute approximate surface area is 153 Å². The Balaban J connectivity index is 2.21. The molecule has 0 N–H and O–H groups in total. The molecular weight excluding hydrogens is 308 g/mol. The lowest BCUT2D eigenvalue weighted by Gasteiger charge is -2.00. The number of unbranched alkanes of at least 4 members (excludes halogenated alkanes) is 9. The summed E-state index contributed by atoms with van der Waals surface area (Å²) in [5.74, 6) is 6.12. The van der Waals surface area contributed by atoms with Gasteiger partial charge in [-0.3, -0.25) is 0 Å². The monoisotopic (exact) mass is 340 g/mol. The molecule has 2 heteroatoms. The first-order valence-electron chi connectivity index (χ1n) is 9.61. The highest BCUT2D eigenvalue weighted by Gasteiger charge is 1.94. The number of hydrogen-bond acceptors (Lipinski definition) is 2. The summed E-state index contributed by atoms with van der Waals surface area (Å²) < 4.78 is 4.59. The van der Waals surface area contributed by atoms with E-state index in [4.69, 9.17) is 0 Å². The van der Waals surface area contributed by atoms with Gasteiger partial charge in [0.25, 0.3) is 0 Å². The third-order valence-electron chi connectivity index (χ3n) is 4.14. The molecule has 1 aromatic rings. The topological polar surface area (TPSA) is 26.3 Å². The Morgan fingerprint density at radius 3 is 2.40 bits per heavy atom. The van der Waals surface area contributed by atoms with Gasteiger partial charge in [0, 0.05) is 18.1 Å². The lowest BCUT2D eigenvalue weighted by Crippen LogP contribution is -1.93. The highest BCUT2D eigenvalue weighted by atomic mass is 16.5. The maximum atomic E-state index is 11.1. The van der Waals surface area contributed by atoms with Crippen LogP contribution >= 0.6 is 0 Å². The van der Waals surface area contributed by atoms with Gasteiger partial charge in [-0.2, -0.15) is 0 Å². The van der Waals surface area contributed by atoms with E-state index < -0.39 is 0 Å². The summed E-state index contributed by atoms with van der Waals surface area (Å²) in [5.41, 5.74) is 1.95. The van der Waals surface area contributed by atoms with Gasteiger partial charge >= 0.3 is 5.97 Å². The fourth-order valence-corrected chi connectivity index (χ4v) is 2.64.